The summed E-state index contributed by atoms with van der Waals surface area (Å²) in [5.41, 5.74) is 6.93. The molecule has 0 saturated carbocycles. The van der Waals surface area contributed by atoms with Crippen molar-refractivity contribution in [3.63, 3.8) is 0 Å². The van der Waals surface area contributed by atoms with Gasteiger partial charge in [0.1, 0.15) is 11.5 Å². The SMILES string of the molecule is CC(C)c1cnc2cc(O)c(-c3ccc(N(C)C4CC(C)(C)NC(C)(C)C4)nn3)cc2c1.Cc1cnc2cc(-c3ccc(N(C)C4CC(C)(C)NC(C)(C)C4)nn3)c(O)cc2n1. The molecule has 13 heteroatoms. The largest absolute Gasteiger partial charge is 0.507 e. The van der Waals surface area contributed by atoms with Crippen LogP contribution in [0.5, 0.6) is 11.5 Å². The predicted octanol–water partition coefficient (Wildman–Crippen LogP) is 9.11. The number of phenols is 2. The van der Waals surface area contributed by atoms with Gasteiger partial charge in [0.05, 0.1) is 33.6 Å². The van der Waals surface area contributed by atoms with Gasteiger partial charge in [0.2, 0.25) is 0 Å². The number of hydrogen-bond acceptors (Lipinski definition) is 13. The Morgan fingerprint density at radius 1 is 0.581 bits per heavy atom. The van der Waals surface area contributed by atoms with Crippen molar-refractivity contribution in [3.8, 4) is 34.0 Å². The molecule has 2 aliphatic rings. The maximum absolute atomic E-state index is 10.6. The smallest absolute Gasteiger partial charge is 0.151 e. The maximum atomic E-state index is 10.6. The van der Waals surface area contributed by atoms with Gasteiger partial charge in [-0.3, -0.25) is 9.97 Å². The molecule has 13 nitrogen and oxygen atoms in total. The van der Waals surface area contributed by atoms with E-state index >= 15 is 0 Å². The summed E-state index contributed by atoms with van der Waals surface area (Å²) in [5.74, 6) is 2.35. The van der Waals surface area contributed by atoms with E-state index in [0.717, 1.165) is 59.4 Å². The van der Waals surface area contributed by atoms with E-state index < -0.39 is 0 Å². The number of nitrogens with zero attached hydrogens (tertiary/aromatic N) is 9. The van der Waals surface area contributed by atoms with Crippen molar-refractivity contribution in [3.05, 3.63) is 78.2 Å². The average Bonchev–Trinajstić information content (AvgIpc) is 3.17. The number of pyridine rings is 1. The molecule has 0 bridgehead atoms. The van der Waals surface area contributed by atoms with Crippen molar-refractivity contribution in [1.29, 1.82) is 0 Å². The number of phenolic OH excluding ortho intramolecular Hbond substituents is 2. The zero-order chi connectivity index (χ0) is 44.9. The van der Waals surface area contributed by atoms with Gasteiger partial charge in [0, 0.05) is 89.4 Å². The number of nitrogens with one attached hydrogen (secondary N) is 2. The number of hydrogen-bond donors (Lipinski definition) is 4. The number of aromatic hydroxyl groups is 2. The van der Waals surface area contributed by atoms with E-state index in [2.05, 4.69) is 145 Å². The number of fused-ring (bicyclic) bond motifs is 2. The zero-order valence-electron chi connectivity index (χ0n) is 38.8. The van der Waals surface area contributed by atoms with Crippen LogP contribution in [-0.4, -0.2) is 93.9 Å². The highest BCUT2D eigenvalue weighted by Crippen LogP contribution is 2.37. The topological polar surface area (TPSA) is 161 Å². The lowest BCUT2D eigenvalue weighted by Gasteiger charge is -2.49. The molecule has 0 atom stereocenters. The Balaban J connectivity index is 0.000000187. The predicted molar refractivity (Wildman–Crippen MR) is 251 cm³/mol. The Bertz CT molecular complexity index is 2520. The maximum Gasteiger partial charge on any atom is 0.151 e. The summed E-state index contributed by atoms with van der Waals surface area (Å²) >= 11 is 0. The Labute approximate surface area is 366 Å². The number of anilines is 2. The Morgan fingerprint density at radius 3 is 1.48 bits per heavy atom. The lowest BCUT2D eigenvalue weighted by Crippen LogP contribution is -2.62. The molecule has 2 saturated heterocycles. The van der Waals surface area contributed by atoms with Crippen LogP contribution in [0.25, 0.3) is 44.5 Å². The summed E-state index contributed by atoms with van der Waals surface area (Å²) in [7, 11) is 4.18. The second-order valence-electron chi connectivity index (χ2n) is 20.5. The summed E-state index contributed by atoms with van der Waals surface area (Å²) in [4.78, 5) is 17.8. The van der Waals surface area contributed by atoms with Crippen molar-refractivity contribution in [2.75, 3.05) is 23.9 Å². The number of rotatable bonds is 7. The van der Waals surface area contributed by atoms with Gasteiger partial charge in [-0.2, -0.15) is 0 Å². The first-order valence-corrected chi connectivity index (χ1v) is 21.8. The highest BCUT2D eigenvalue weighted by molar-refractivity contribution is 5.88. The highest BCUT2D eigenvalue weighted by Gasteiger charge is 2.41. The van der Waals surface area contributed by atoms with Crippen LogP contribution in [-0.2, 0) is 0 Å². The highest BCUT2D eigenvalue weighted by atomic mass is 16.3. The van der Waals surface area contributed by atoms with Crippen molar-refractivity contribution >= 4 is 33.6 Å². The number of aryl methyl sites for hydroxylation is 1. The minimum Gasteiger partial charge on any atom is -0.507 e. The fraction of sp³-hybridized carbons (Fsp3) is 0.490. The standard InChI is InChI=1S/C26H35N5O.C23H30N6O/c1-16(2)18-10-17-11-20(23(32)12-22(17)27-15-18)21-8-9-24(29-28-21)31(7)19-13-25(3,4)30-26(5,6)14-19;1-14-13-24-18-9-16(20(30)10-19(18)25-14)17-7-8-21(27-26-17)29(6)15-11-22(2,3)28-23(4,5)12-15/h8-12,15-16,19,30,32H,13-14H2,1-7H3;7-10,13,15,28,30H,11-12H2,1-6H3. The third kappa shape index (κ3) is 10.1. The molecule has 0 unspecified atom stereocenters. The van der Waals surface area contributed by atoms with E-state index in [1.54, 1.807) is 18.3 Å². The van der Waals surface area contributed by atoms with Crippen LogP contribution >= 0.6 is 0 Å². The van der Waals surface area contributed by atoms with Crippen LogP contribution in [0.4, 0.5) is 11.6 Å². The summed E-state index contributed by atoms with van der Waals surface area (Å²) < 4.78 is 0. The minimum absolute atomic E-state index is 0.0598. The molecule has 4 N–H and O–H groups in total. The minimum atomic E-state index is 0.0598. The Kier molecular flexibility index (Phi) is 11.9. The first kappa shape index (κ1) is 44.5. The molecule has 0 spiro atoms. The molecule has 2 aromatic carbocycles. The van der Waals surface area contributed by atoms with Gasteiger partial charge in [0.25, 0.3) is 0 Å². The molecule has 6 aromatic rings. The van der Waals surface area contributed by atoms with E-state index in [-0.39, 0.29) is 33.7 Å². The van der Waals surface area contributed by atoms with Crippen LogP contribution in [0, 0.1) is 6.92 Å². The third-order valence-corrected chi connectivity index (χ3v) is 12.3. The molecular formula is C49H65N11O2. The van der Waals surface area contributed by atoms with Crippen molar-refractivity contribution in [2.45, 2.75) is 142 Å². The molecule has 0 radical (unpaired) electrons. The molecule has 62 heavy (non-hydrogen) atoms. The number of piperidine rings is 2. The average molecular weight is 840 g/mol. The van der Waals surface area contributed by atoms with E-state index in [1.165, 1.54) is 5.56 Å². The molecule has 0 amide bonds. The monoisotopic (exact) mass is 840 g/mol. The van der Waals surface area contributed by atoms with Gasteiger partial charge >= 0.3 is 0 Å². The first-order valence-electron chi connectivity index (χ1n) is 21.8. The molecule has 328 valence electrons. The third-order valence-electron chi connectivity index (χ3n) is 12.3. The summed E-state index contributed by atoms with van der Waals surface area (Å²) in [6.07, 6.45) is 7.72. The van der Waals surface area contributed by atoms with Crippen LogP contribution < -0.4 is 20.4 Å². The van der Waals surface area contributed by atoms with Gasteiger partial charge in [-0.1, -0.05) is 13.8 Å². The second kappa shape index (κ2) is 16.6. The molecule has 4 aromatic heterocycles. The molecular weight excluding hydrogens is 775 g/mol. The summed E-state index contributed by atoms with van der Waals surface area (Å²) in [6.45, 7) is 24.2. The number of aromatic nitrogens is 7. The van der Waals surface area contributed by atoms with Crippen LogP contribution in [0.2, 0.25) is 0 Å². The van der Waals surface area contributed by atoms with Crippen LogP contribution in [0.15, 0.2) is 67.0 Å². The van der Waals surface area contributed by atoms with E-state index in [9.17, 15) is 10.2 Å². The van der Waals surface area contributed by atoms with Gasteiger partial charge in [0.15, 0.2) is 11.6 Å². The Morgan fingerprint density at radius 2 is 1.03 bits per heavy atom. The summed E-state index contributed by atoms with van der Waals surface area (Å²) in [5, 5.41) is 47.4. The lowest BCUT2D eigenvalue weighted by molar-refractivity contribution is 0.160. The van der Waals surface area contributed by atoms with Crippen LogP contribution in [0.3, 0.4) is 0 Å². The second-order valence-corrected chi connectivity index (χ2v) is 20.5. The van der Waals surface area contributed by atoms with E-state index in [0.29, 0.717) is 46.0 Å². The van der Waals surface area contributed by atoms with Crippen molar-refractivity contribution < 1.29 is 10.2 Å². The van der Waals surface area contributed by atoms with E-state index in [1.807, 2.05) is 49.5 Å². The Hall–Kier alpha value is -5.53. The number of benzene rings is 2. The molecule has 8 rings (SSSR count). The molecule has 2 fully saturated rings. The van der Waals surface area contributed by atoms with Gasteiger partial charge in [-0.25, -0.2) is 4.98 Å². The first-order chi connectivity index (χ1) is 29.0. The fourth-order valence-corrected chi connectivity index (χ4v) is 9.82. The molecule has 2 aliphatic heterocycles. The van der Waals surface area contributed by atoms with Crippen LogP contribution in [0.1, 0.15) is 112 Å². The lowest BCUT2D eigenvalue weighted by atomic mass is 9.79. The van der Waals surface area contributed by atoms with Gasteiger partial charge in [-0.05, 0) is 142 Å². The summed E-state index contributed by atoms with van der Waals surface area (Å²) in [6, 6.07) is 17.8. The van der Waals surface area contributed by atoms with E-state index in [4.69, 9.17) is 0 Å². The quantitative estimate of drug-likeness (QED) is 0.121. The van der Waals surface area contributed by atoms with Crippen molar-refractivity contribution in [2.24, 2.45) is 0 Å². The molecule has 6 heterocycles. The molecule has 0 aliphatic carbocycles. The van der Waals surface area contributed by atoms with Gasteiger partial charge in [-0.15, -0.1) is 20.4 Å². The fourth-order valence-electron chi connectivity index (χ4n) is 9.82. The van der Waals surface area contributed by atoms with Crippen molar-refractivity contribution in [1.82, 2.24) is 46.0 Å². The van der Waals surface area contributed by atoms with Gasteiger partial charge < -0.3 is 30.6 Å². The zero-order valence-corrected chi connectivity index (χ0v) is 38.8. The normalized spacial score (nSPS) is 18.4.